The van der Waals surface area contributed by atoms with Gasteiger partial charge in [0.1, 0.15) is 5.76 Å². The first-order chi connectivity index (χ1) is 9.11. The first-order valence-electron chi connectivity index (χ1n) is 6.24. The van der Waals surface area contributed by atoms with E-state index in [1.807, 2.05) is 44.2 Å². The number of carbonyl (C=O) groups is 1. The van der Waals surface area contributed by atoms with E-state index in [1.54, 1.807) is 13.3 Å². The minimum atomic E-state index is -0.0892. The molecule has 0 spiro atoms. The van der Waals surface area contributed by atoms with Crippen LogP contribution in [0.3, 0.4) is 0 Å². The summed E-state index contributed by atoms with van der Waals surface area (Å²) in [6, 6.07) is 9.44. The molecule has 2 rings (SSSR count). The Labute approximate surface area is 112 Å². The molecule has 0 saturated heterocycles. The number of rotatable bonds is 4. The maximum Gasteiger partial charge on any atom is 0.251 e. The quantitative estimate of drug-likeness (QED) is 0.886. The first-order valence-corrected chi connectivity index (χ1v) is 6.24. The molecule has 1 aromatic heterocycles. The van der Waals surface area contributed by atoms with Crippen molar-refractivity contribution in [2.24, 2.45) is 0 Å². The Hall–Kier alpha value is -2.23. The van der Waals surface area contributed by atoms with Gasteiger partial charge in [0.2, 0.25) is 0 Å². The van der Waals surface area contributed by atoms with Gasteiger partial charge in [-0.15, -0.1) is 0 Å². The molecule has 100 valence electrons. The van der Waals surface area contributed by atoms with E-state index in [0.29, 0.717) is 5.56 Å². The van der Waals surface area contributed by atoms with Crippen LogP contribution in [0.5, 0.6) is 0 Å². The van der Waals surface area contributed by atoms with Gasteiger partial charge in [-0.2, -0.15) is 0 Å². The minimum absolute atomic E-state index is 0.0497. The molecule has 4 heteroatoms. The lowest BCUT2D eigenvalue weighted by Gasteiger charge is -2.16. The average Bonchev–Trinajstić information content (AvgIpc) is 2.94. The number of hydrogen-bond donors (Lipinski definition) is 2. The molecule has 1 atom stereocenters. The Bertz CT molecular complexity index is 562. The van der Waals surface area contributed by atoms with Crippen LogP contribution in [-0.2, 0) is 0 Å². The third-order valence-corrected chi connectivity index (χ3v) is 3.07. The molecule has 0 saturated carbocycles. The van der Waals surface area contributed by atoms with Crippen molar-refractivity contribution in [3.05, 3.63) is 53.5 Å². The summed E-state index contributed by atoms with van der Waals surface area (Å²) < 4.78 is 5.36. The summed E-state index contributed by atoms with van der Waals surface area (Å²) in [4.78, 5) is 11.6. The van der Waals surface area contributed by atoms with Crippen molar-refractivity contribution in [3.63, 3.8) is 0 Å². The number of benzene rings is 1. The predicted molar refractivity (Wildman–Crippen MR) is 75.3 cm³/mol. The molecule has 0 aliphatic rings. The Morgan fingerprint density at radius 3 is 2.74 bits per heavy atom. The molecular formula is C15H18N2O2. The van der Waals surface area contributed by atoms with Crippen LogP contribution in [-0.4, -0.2) is 13.0 Å². The topological polar surface area (TPSA) is 54.3 Å². The highest BCUT2D eigenvalue weighted by molar-refractivity contribution is 5.95. The Balaban J connectivity index is 2.22. The molecule has 2 N–H and O–H groups in total. The second-order valence-corrected chi connectivity index (χ2v) is 4.49. The third kappa shape index (κ3) is 2.96. The van der Waals surface area contributed by atoms with Crippen LogP contribution >= 0.6 is 0 Å². The molecule has 0 radical (unpaired) electrons. The maximum atomic E-state index is 11.6. The zero-order valence-electron chi connectivity index (χ0n) is 11.4. The smallest absolute Gasteiger partial charge is 0.251 e. The molecule has 19 heavy (non-hydrogen) atoms. The number of nitrogens with one attached hydrogen (secondary N) is 2. The van der Waals surface area contributed by atoms with Crippen LogP contribution in [0.25, 0.3) is 0 Å². The lowest BCUT2D eigenvalue weighted by atomic mass is 10.1. The number of aryl methyl sites for hydroxylation is 1. The lowest BCUT2D eigenvalue weighted by molar-refractivity contribution is 0.0963. The van der Waals surface area contributed by atoms with Crippen LogP contribution in [0.1, 0.15) is 34.6 Å². The summed E-state index contributed by atoms with van der Waals surface area (Å²) in [5, 5.41) is 5.98. The molecule has 0 bridgehead atoms. The normalized spacial score (nSPS) is 11.9. The van der Waals surface area contributed by atoms with Gasteiger partial charge < -0.3 is 15.1 Å². The molecule has 0 fully saturated rings. The average molecular weight is 258 g/mol. The van der Waals surface area contributed by atoms with Gasteiger partial charge in [0, 0.05) is 18.3 Å². The van der Waals surface area contributed by atoms with Crippen LogP contribution in [0, 0.1) is 6.92 Å². The second kappa shape index (κ2) is 5.61. The first kappa shape index (κ1) is 13.2. The molecule has 1 unspecified atom stereocenters. The highest BCUT2D eigenvalue weighted by Crippen LogP contribution is 2.23. The summed E-state index contributed by atoms with van der Waals surface area (Å²) >= 11 is 0. The maximum absolute atomic E-state index is 11.6. The summed E-state index contributed by atoms with van der Waals surface area (Å²) in [5.74, 6) is 0.776. The monoisotopic (exact) mass is 258 g/mol. The summed E-state index contributed by atoms with van der Waals surface area (Å²) in [7, 11) is 1.63. The van der Waals surface area contributed by atoms with Crippen molar-refractivity contribution in [2.45, 2.75) is 19.9 Å². The van der Waals surface area contributed by atoms with Gasteiger partial charge in [0.05, 0.1) is 12.3 Å². The third-order valence-electron chi connectivity index (χ3n) is 3.07. The van der Waals surface area contributed by atoms with E-state index in [2.05, 4.69) is 10.6 Å². The zero-order chi connectivity index (χ0) is 13.8. The molecule has 1 aromatic carbocycles. The van der Waals surface area contributed by atoms with Gasteiger partial charge >= 0.3 is 0 Å². The fraction of sp³-hybridized carbons (Fsp3) is 0.267. The van der Waals surface area contributed by atoms with E-state index < -0.39 is 0 Å². The van der Waals surface area contributed by atoms with Crippen molar-refractivity contribution in [3.8, 4) is 0 Å². The number of hydrogen-bond acceptors (Lipinski definition) is 3. The van der Waals surface area contributed by atoms with Gasteiger partial charge in [-0.3, -0.25) is 4.79 Å². The zero-order valence-corrected chi connectivity index (χ0v) is 11.4. The highest BCUT2D eigenvalue weighted by atomic mass is 16.3. The Morgan fingerprint density at radius 1 is 1.32 bits per heavy atom. The molecule has 0 aliphatic carbocycles. The Morgan fingerprint density at radius 2 is 2.11 bits per heavy atom. The molecule has 4 nitrogen and oxygen atoms in total. The van der Waals surface area contributed by atoms with Gasteiger partial charge in [-0.25, -0.2) is 0 Å². The number of furan rings is 1. The largest absolute Gasteiger partial charge is 0.467 e. The molecule has 1 heterocycles. The Kier molecular flexibility index (Phi) is 3.90. The standard InChI is InChI=1S/C15H18N2O2/c1-10-6-7-12(15(18)16-3)9-13(10)17-11(2)14-5-4-8-19-14/h4-9,11,17H,1-3H3,(H,16,18). The van der Waals surface area contributed by atoms with E-state index in [4.69, 9.17) is 4.42 Å². The number of carbonyl (C=O) groups excluding carboxylic acids is 1. The number of anilines is 1. The van der Waals surface area contributed by atoms with E-state index >= 15 is 0 Å². The summed E-state index contributed by atoms with van der Waals surface area (Å²) in [6.07, 6.45) is 1.65. The summed E-state index contributed by atoms with van der Waals surface area (Å²) in [5.41, 5.74) is 2.67. The molecule has 2 aromatic rings. The van der Waals surface area contributed by atoms with Crippen LogP contribution in [0.4, 0.5) is 5.69 Å². The van der Waals surface area contributed by atoms with Crippen molar-refractivity contribution in [1.82, 2.24) is 5.32 Å². The SMILES string of the molecule is CNC(=O)c1ccc(C)c(NC(C)c2ccco2)c1. The van der Waals surface area contributed by atoms with E-state index in [0.717, 1.165) is 17.0 Å². The van der Waals surface area contributed by atoms with Crippen LogP contribution < -0.4 is 10.6 Å². The van der Waals surface area contributed by atoms with Crippen LogP contribution in [0.2, 0.25) is 0 Å². The summed E-state index contributed by atoms with van der Waals surface area (Å²) in [6.45, 7) is 4.02. The van der Waals surface area contributed by atoms with Gasteiger partial charge in [0.15, 0.2) is 0 Å². The van der Waals surface area contributed by atoms with Crippen molar-refractivity contribution in [2.75, 3.05) is 12.4 Å². The predicted octanol–water partition coefficient (Wildman–Crippen LogP) is 3.12. The molecule has 0 aliphatic heterocycles. The molecular weight excluding hydrogens is 240 g/mol. The number of amides is 1. The van der Waals surface area contributed by atoms with Gasteiger partial charge in [-0.05, 0) is 43.7 Å². The van der Waals surface area contributed by atoms with E-state index in [-0.39, 0.29) is 11.9 Å². The lowest BCUT2D eigenvalue weighted by Crippen LogP contribution is -2.18. The van der Waals surface area contributed by atoms with Crippen molar-refractivity contribution in [1.29, 1.82) is 0 Å². The van der Waals surface area contributed by atoms with Crippen molar-refractivity contribution >= 4 is 11.6 Å². The van der Waals surface area contributed by atoms with Gasteiger partial charge in [0.25, 0.3) is 5.91 Å². The molecule has 1 amide bonds. The minimum Gasteiger partial charge on any atom is -0.467 e. The van der Waals surface area contributed by atoms with Gasteiger partial charge in [-0.1, -0.05) is 6.07 Å². The van der Waals surface area contributed by atoms with Crippen LogP contribution in [0.15, 0.2) is 41.0 Å². The second-order valence-electron chi connectivity index (χ2n) is 4.49. The van der Waals surface area contributed by atoms with Crippen molar-refractivity contribution < 1.29 is 9.21 Å². The highest BCUT2D eigenvalue weighted by Gasteiger charge is 2.11. The fourth-order valence-corrected chi connectivity index (χ4v) is 1.91. The van der Waals surface area contributed by atoms with E-state index in [9.17, 15) is 4.79 Å². The van der Waals surface area contributed by atoms with E-state index in [1.165, 1.54) is 0 Å². The fourth-order valence-electron chi connectivity index (χ4n) is 1.91.